The first-order chi connectivity index (χ1) is 8.83. The summed E-state index contributed by atoms with van der Waals surface area (Å²) in [7, 11) is 1.71. The summed E-state index contributed by atoms with van der Waals surface area (Å²) in [6.45, 7) is 5.52. The maximum Gasteiger partial charge on any atom is 0.120 e. The van der Waals surface area contributed by atoms with Gasteiger partial charge in [0.2, 0.25) is 0 Å². The zero-order valence-corrected chi connectivity index (χ0v) is 11.7. The van der Waals surface area contributed by atoms with Gasteiger partial charge in [-0.2, -0.15) is 0 Å². The Labute approximate surface area is 114 Å². The van der Waals surface area contributed by atoms with E-state index < -0.39 is 0 Å². The fourth-order valence-electron chi connectivity index (χ4n) is 2.32. The van der Waals surface area contributed by atoms with Crippen LogP contribution in [0.4, 0.5) is 5.69 Å². The number of anilines is 1. The summed E-state index contributed by atoms with van der Waals surface area (Å²) >= 11 is 5.73. The molecule has 1 aliphatic heterocycles. The zero-order chi connectivity index (χ0) is 12.8. The minimum atomic E-state index is 0.760. The Kier molecular flexibility index (Phi) is 5.14. The van der Waals surface area contributed by atoms with Gasteiger partial charge in [0.05, 0.1) is 7.11 Å². The third-order valence-electron chi connectivity index (χ3n) is 3.40. The lowest BCUT2D eigenvalue weighted by atomic mass is 10.2. The van der Waals surface area contributed by atoms with E-state index in [9.17, 15) is 0 Å². The third kappa shape index (κ3) is 3.53. The Bertz CT molecular complexity index is 365. The molecular formula is C14H21ClN2O. The van der Waals surface area contributed by atoms with E-state index in [0.29, 0.717) is 0 Å². The Balaban J connectivity index is 1.88. The average Bonchev–Trinajstić information content (AvgIpc) is 2.46. The number of ether oxygens (including phenoxy) is 1. The molecule has 1 saturated heterocycles. The first-order valence-corrected chi connectivity index (χ1v) is 7.04. The van der Waals surface area contributed by atoms with E-state index in [-0.39, 0.29) is 0 Å². The standard InChI is InChI=1S/C14H21ClN2O/c1-18-14-5-2-4-13(12-14)17-10-8-16(9-11-17)7-3-6-15/h2,4-5,12H,3,6-11H2,1H3. The molecule has 4 heteroatoms. The van der Waals surface area contributed by atoms with E-state index in [1.807, 2.05) is 12.1 Å². The molecule has 1 fully saturated rings. The van der Waals surface area contributed by atoms with Crippen molar-refractivity contribution in [3.8, 4) is 5.75 Å². The summed E-state index contributed by atoms with van der Waals surface area (Å²) in [5.41, 5.74) is 1.26. The summed E-state index contributed by atoms with van der Waals surface area (Å²) in [6.07, 6.45) is 1.08. The molecule has 1 aromatic carbocycles. The molecular weight excluding hydrogens is 248 g/mol. The zero-order valence-electron chi connectivity index (χ0n) is 10.9. The molecule has 100 valence electrons. The van der Waals surface area contributed by atoms with Crippen molar-refractivity contribution in [2.24, 2.45) is 0 Å². The third-order valence-corrected chi connectivity index (χ3v) is 3.67. The minimum Gasteiger partial charge on any atom is -0.497 e. The van der Waals surface area contributed by atoms with E-state index in [1.165, 1.54) is 5.69 Å². The highest BCUT2D eigenvalue weighted by Gasteiger charge is 2.16. The highest BCUT2D eigenvalue weighted by molar-refractivity contribution is 6.17. The number of nitrogens with zero attached hydrogens (tertiary/aromatic N) is 2. The van der Waals surface area contributed by atoms with Crippen LogP contribution in [0.1, 0.15) is 6.42 Å². The van der Waals surface area contributed by atoms with E-state index in [0.717, 1.165) is 50.8 Å². The largest absolute Gasteiger partial charge is 0.497 e. The highest BCUT2D eigenvalue weighted by Crippen LogP contribution is 2.22. The van der Waals surface area contributed by atoms with Crippen molar-refractivity contribution in [1.29, 1.82) is 0 Å². The predicted molar refractivity (Wildman–Crippen MR) is 77.0 cm³/mol. The second-order valence-corrected chi connectivity index (χ2v) is 4.95. The molecule has 1 aliphatic rings. The molecule has 3 nitrogen and oxygen atoms in total. The summed E-state index contributed by atoms with van der Waals surface area (Å²) in [5, 5.41) is 0. The van der Waals surface area contributed by atoms with Crippen molar-refractivity contribution in [3.05, 3.63) is 24.3 Å². The molecule has 2 rings (SSSR count). The van der Waals surface area contributed by atoms with Gasteiger partial charge in [-0.1, -0.05) is 6.07 Å². The molecule has 0 radical (unpaired) electrons. The monoisotopic (exact) mass is 268 g/mol. The Morgan fingerprint density at radius 3 is 2.67 bits per heavy atom. The van der Waals surface area contributed by atoms with Crippen LogP contribution in [0, 0.1) is 0 Å². The quantitative estimate of drug-likeness (QED) is 0.763. The maximum atomic E-state index is 5.73. The first-order valence-electron chi connectivity index (χ1n) is 6.51. The van der Waals surface area contributed by atoms with Gasteiger partial charge in [-0.25, -0.2) is 0 Å². The van der Waals surface area contributed by atoms with Crippen molar-refractivity contribution in [2.45, 2.75) is 6.42 Å². The van der Waals surface area contributed by atoms with E-state index in [2.05, 4.69) is 21.9 Å². The van der Waals surface area contributed by atoms with Gasteiger partial charge in [-0.15, -0.1) is 11.6 Å². The Morgan fingerprint density at radius 2 is 2.00 bits per heavy atom. The van der Waals surface area contributed by atoms with Gasteiger partial charge in [0.25, 0.3) is 0 Å². The van der Waals surface area contributed by atoms with Gasteiger partial charge < -0.3 is 9.64 Å². The Hall–Kier alpha value is -0.930. The van der Waals surface area contributed by atoms with Crippen LogP contribution in [0.5, 0.6) is 5.75 Å². The van der Waals surface area contributed by atoms with Gasteiger partial charge in [0.15, 0.2) is 0 Å². The molecule has 0 aliphatic carbocycles. The minimum absolute atomic E-state index is 0.760. The molecule has 0 N–H and O–H groups in total. The second kappa shape index (κ2) is 6.86. The number of hydrogen-bond donors (Lipinski definition) is 0. The lowest BCUT2D eigenvalue weighted by molar-refractivity contribution is 0.259. The van der Waals surface area contributed by atoms with Crippen LogP contribution < -0.4 is 9.64 Å². The lowest BCUT2D eigenvalue weighted by Crippen LogP contribution is -2.46. The summed E-state index contributed by atoms with van der Waals surface area (Å²) in [5.74, 6) is 1.69. The molecule has 0 bridgehead atoms. The number of benzene rings is 1. The van der Waals surface area contributed by atoms with Gasteiger partial charge in [0.1, 0.15) is 5.75 Å². The van der Waals surface area contributed by atoms with Crippen molar-refractivity contribution < 1.29 is 4.74 Å². The lowest BCUT2D eigenvalue weighted by Gasteiger charge is -2.36. The topological polar surface area (TPSA) is 15.7 Å². The fraction of sp³-hybridized carbons (Fsp3) is 0.571. The number of piperazine rings is 1. The van der Waals surface area contributed by atoms with Gasteiger partial charge in [0, 0.05) is 43.8 Å². The molecule has 0 amide bonds. The van der Waals surface area contributed by atoms with Crippen molar-refractivity contribution in [2.75, 3.05) is 50.6 Å². The molecule has 18 heavy (non-hydrogen) atoms. The number of halogens is 1. The number of rotatable bonds is 5. The fourth-order valence-corrected chi connectivity index (χ4v) is 2.44. The average molecular weight is 269 g/mol. The molecule has 1 heterocycles. The molecule has 0 aromatic heterocycles. The number of hydrogen-bond acceptors (Lipinski definition) is 3. The van der Waals surface area contributed by atoms with Crippen molar-refractivity contribution >= 4 is 17.3 Å². The first kappa shape index (κ1) is 13.5. The van der Waals surface area contributed by atoms with Crippen LogP contribution in [0.3, 0.4) is 0 Å². The Morgan fingerprint density at radius 1 is 1.22 bits per heavy atom. The normalized spacial score (nSPS) is 16.9. The van der Waals surface area contributed by atoms with Gasteiger partial charge in [-0.05, 0) is 25.1 Å². The molecule has 0 spiro atoms. The van der Waals surface area contributed by atoms with Crippen LogP contribution in [-0.2, 0) is 0 Å². The summed E-state index contributed by atoms with van der Waals surface area (Å²) in [6, 6.07) is 8.29. The van der Waals surface area contributed by atoms with Crippen LogP contribution in [-0.4, -0.2) is 50.6 Å². The summed E-state index contributed by atoms with van der Waals surface area (Å²) in [4.78, 5) is 4.90. The number of methoxy groups -OCH3 is 1. The van der Waals surface area contributed by atoms with Crippen molar-refractivity contribution in [3.63, 3.8) is 0 Å². The SMILES string of the molecule is COc1cccc(N2CCN(CCCCl)CC2)c1. The van der Waals surface area contributed by atoms with Gasteiger partial charge in [-0.3, -0.25) is 4.90 Å². The van der Waals surface area contributed by atoms with Crippen LogP contribution in [0.25, 0.3) is 0 Å². The van der Waals surface area contributed by atoms with E-state index >= 15 is 0 Å². The highest BCUT2D eigenvalue weighted by atomic mass is 35.5. The predicted octanol–water partition coefficient (Wildman–Crippen LogP) is 2.45. The molecule has 0 unspecified atom stereocenters. The summed E-state index contributed by atoms with van der Waals surface area (Å²) < 4.78 is 5.27. The maximum absolute atomic E-state index is 5.73. The second-order valence-electron chi connectivity index (χ2n) is 4.57. The van der Waals surface area contributed by atoms with Crippen LogP contribution in [0.15, 0.2) is 24.3 Å². The van der Waals surface area contributed by atoms with E-state index in [4.69, 9.17) is 16.3 Å². The molecule has 1 aromatic rings. The smallest absolute Gasteiger partial charge is 0.120 e. The van der Waals surface area contributed by atoms with Crippen LogP contribution >= 0.6 is 11.6 Å². The molecule has 0 saturated carbocycles. The van der Waals surface area contributed by atoms with Crippen molar-refractivity contribution in [1.82, 2.24) is 4.90 Å². The van der Waals surface area contributed by atoms with Crippen LogP contribution in [0.2, 0.25) is 0 Å². The molecule has 0 atom stereocenters. The van der Waals surface area contributed by atoms with E-state index in [1.54, 1.807) is 7.11 Å². The van der Waals surface area contributed by atoms with Gasteiger partial charge >= 0.3 is 0 Å². The number of alkyl halides is 1.